The summed E-state index contributed by atoms with van der Waals surface area (Å²) in [6.07, 6.45) is 4.76. The summed E-state index contributed by atoms with van der Waals surface area (Å²) in [5, 5.41) is 3.34. The maximum Gasteiger partial charge on any atom is 0.148 e. The van der Waals surface area contributed by atoms with Crippen LogP contribution in [0.4, 0.5) is 11.6 Å². The maximum atomic E-state index is 5.46. The van der Waals surface area contributed by atoms with Crippen LogP contribution in [0.1, 0.15) is 31.7 Å². The van der Waals surface area contributed by atoms with E-state index in [-0.39, 0.29) is 0 Å². The highest BCUT2D eigenvalue weighted by Crippen LogP contribution is 2.27. The van der Waals surface area contributed by atoms with Gasteiger partial charge in [-0.05, 0) is 24.3 Å². The lowest BCUT2D eigenvalue weighted by molar-refractivity contribution is 0.842. The molecular formula is C11H21N5S. The molecule has 0 spiro atoms. The molecule has 1 heterocycles. The highest BCUT2D eigenvalue weighted by molar-refractivity contribution is 7.98. The van der Waals surface area contributed by atoms with Crippen LogP contribution in [0.2, 0.25) is 0 Å². The van der Waals surface area contributed by atoms with Crippen LogP contribution in [0.3, 0.4) is 0 Å². The zero-order valence-corrected chi connectivity index (χ0v) is 11.5. The summed E-state index contributed by atoms with van der Waals surface area (Å²) < 4.78 is 0. The molecule has 0 saturated heterocycles. The van der Waals surface area contributed by atoms with Crippen LogP contribution in [0.25, 0.3) is 0 Å². The van der Waals surface area contributed by atoms with Gasteiger partial charge in [0.2, 0.25) is 0 Å². The smallest absolute Gasteiger partial charge is 0.148 e. The minimum atomic E-state index is 0.324. The predicted octanol–water partition coefficient (Wildman–Crippen LogP) is 2.05. The molecule has 96 valence electrons. The maximum absolute atomic E-state index is 5.46. The molecule has 0 aliphatic heterocycles. The number of nitrogens with zero attached hydrogens (tertiary/aromatic N) is 2. The van der Waals surface area contributed by atoms with Crippen molar-refractivity contribution in [2.45, 2.75) is 26.2 Å². The lowest BCUT2D eigenvalue weighted by Gasteiger charge is -2.16. The molecule has 1 rings (SSSR count). The Bertz CT molecular complexity index is 343. The Balaban J connectivity index is 2.76. The molecule has 0 aromatic carbocycles. The number of hydrogen-bond acceptors (Lipinski definition) is 6. The minimum Gasteiger partial charge on any atom is -0.370 e. The van der Waals surface area contributed by atoms with E-state index < -0.39 is 0 Å². The average molecular weight is 255 g/mol. The van der Waals surface area contributed by atoms with E-state index in [1.165, 1.54) is 6.33 Å². The van der Waals surface area contributed by atoms with Crippen molar-refractivity contribution in [1.82, 2.24) is 9.97 Å². The summed E-state index contributed by atoms with van der Waals surface area (Å²) in [4.78, 5) is 8.41. The van der Waals surface area contributed by atoms with Gasteiger partial charge in [-0.25, -0.2) is 15.8 Å². The number of nitrogens with two attached hydrogens (primary N) is 1. The molecule has 17 heavy (non-hydrogen) atoms. The molecule has 4 N–H and O–H groups in total. The first kappa shape index (κ1) is 14.1. The van der Waals surface area contributed by atoms with Gasteiger partial charge in [0.25, 0.3) is 0 Å². The number of aromatic nitrogens is 2. The van der Waals surface area contributed by atoms with Crippen molar-refractivity contribution in [3.05, 3.63) is 11.9 Å². The Morgan fingerprint density at radius 1 is 1.35 bits per heavy atom. The predicted molar refractivity (Wildman–Crippen MR) is 75.4 cm³/mol. The second-order valence-corrected chi connectivity index (χ2v) is 5.04. The van der Waals surface area contributed by atoms with Crippen molar-refractivity contribution >= 4 is 23.4 Å². The highest BCUT2D eigenvalue weighted by atomic mass is 32.2. The molecule has 0 bridgehead atoms. The molecule has 0 atom stereocenters. The number of anilines is 2. The summed E-state index contributed by atoms with van der Waals surface area (Å²) in [5.41, 5.74) is 3.66. The second kappa shape index (κ2) is 7.34. The van der Waals surface area contributed by atoms with E-state index in [1.807, 2.05) is 11.8 Å². The van der Waals surface area contributed by atoms with Crippen LogP contribution in [-0.4, -0.2) is 28.5 Å². The monoisotopic (exact) mass is 255 g/mol. The van der Waals surface area contributed by atoms with Crippen LogP contribution in [0.5, 0.6) is 0 Å². The first-order chi connectivity index (χ1) is 8.20. The van der Waals surface area contributed by atoms with Gasteiger partial charge in [0, 0.05) is 12.1 Å². The Labute approximate surface area is 107 Å². The minimum absolute atomic E-state index is 0.324. The van der Waals surface area contributed by atoms with E-state index in [0.29, 0.717) is 11.7 Å². The van der Waals surface area contributed by atoms with Gasteiger partial charge in [0.1, 0.15) is 18.0 Å². The van der Waals surface area contributed by atoms with E-state index in [9.17, 15) is 0 Å². The Kier molecular flexibility index (Phi) is 6.07. The molecule has 1 aromatic heterocycles. The van der Waals surface area contributed by atoms with Crippen LogP contribution in [-0.2, 0) is 0 Å². The van der Waals surface area contributed by atoms with Crippen molar-refractivity contribution in [2.75, 3.05) is 29.3 Å². The third-order valence-corrected chi connectivity index (χ3v) is 3.11. The van der Waals surface area contributed by atoms with Crippen LogP contribution < -0.4 is 16.6 Å². The molecule has 0 aliphatic rings. The fourth-order valence-corrected chi connectivity index (χ4v) is 2.05. The van der Waals surface area contributed by atoms with Gasteiger partial charge in [0.05, 0.1) is 0 Å². The summed E-state index contributed by atoms with van der Waals surface area (Å²) in [7, 11) is 0. The second-order valence-electron chi connectivity index (χ2n) is 4.06. The van der Waals surface area contributed by atoms with Gasteiger partial charge in [0.15, 0.2) is 0 Å². The first-order valence-electron chi connectivity index (χ1n) is 5.75. The summed E-state index contributed by atoms with van der Waals surface area (Å²) in [5.74, 6) is 8.51. The number of hydrogen-bond donors (Lipinski definition) is 3. The van der Waals surface area contributed by atoms with Gasteiger partial charge >= 0.3 is 0 Å². The fourth-order valence-electron chi connectivity index (χ4n) is 1.62. The largest absolute Gasteiger partial charge is 0.370 e. The van der Waals surface area contributed by atoms with E-state index in [2.05, 4.69) is 40.8 Å². The van der Waals surface area contributed by atoms with Crippen LogP contribution in [0.15, 0.2) is 6.33 Å². The lowest BCUT2D eigenvalue weighted by atomic mass is 10.0. The molecule has 6 heteroatoms. The zero-order chi connectivity index (χ0) is 12.7. The molecule has 0 amide bonds. The van der Waals surface area contributed by atoms with Crippen LogP contribution in [0, 0.1) is 0 Å². The number of rotatable bonds is 7. The average Bonchev–Trinajstić information content (AvgIpc) is 2.33. The zero-order valence-electron chi connectivity index (χ0n) is 10.7. The Hall–Kier alpha value is -1.01. The topological polar surface area (TPSA) is 75.9 Å². The molecular weight excluding hydrogens is 234 g/mol. The van der Waals surface area contributed by atoms with Gasteiger partial charge in [-0.15, -0.1) is 0 Å². The summed E-state index contributed by atoms with van der Waals surface area (Å²) >= 11 is 1.85. The van der Waals surface area contributed by atoms with Crippen LogP contribution >= 0.6 is 11.8 Å². The molecule has 0 radical (unpaired) electrons. The third kappa shape index (κ3) is 4.05. The van der Waals surface area contributed by atoms with Crippen molar-refractivity contribution < 1.29 is 0 Å². The van der Waals surface area contributed by atoms with Crippen molar-refractivity contribution in [1.29, 1.82) is 0 Å². The molecule has 0 unspecified atom stereocenters. The number of nitrogens with one attached hydrogen (secondary N) is 2. The quantitative estimate of drug-likeness (QED) is 0.393. The fraction of sp³-hybridized carbons (Fsp3) is 0.636. The molecule has 1 aromatic rings. The van der Waals surface area contributed by atoms with Gasteiger partial charge in [-0.1, -0.05) is 13.8 Å². The van der Waals surface area contributed by atoms with Crippen molar-refractivity contribution in [3.63, 3.8) is 0 Å². The Morgan fingerprint density at radius 2 is 2.06 bits per heavy atom. The van der Waals surface area contributed by atoms with Gasteiger partial charge < -0.3 is 10.7 Å². The van der Waals surface area contributed by atoms with Gasteiger partial charge in [-0.2, -0.15) is 11.8 Å². The van der Waals surface area contributed by atoms with E-state index in [1.54, 1.807) is 0 Å². The van der Waals surface area contributed by atoms with Crippen molar-refractivity contribution in [3.8, 4) is 0 Å². The molecule has 5 nitrogen and oxygen atoms in total. The molecule has 0 fully saturated rings. The number of nitrogen functional groups attached to an aromatic ring is 1. The number of thioether (sulfide) groups is 1. The SMILES string of the molecule is CSCCCNc1ncnc(NN)c1C(C)C. The lowest BCUT2D eigenvalue weighted by Crippen LogP contribution is -2.15. The Morgan fingerprint density at radius 3 is 2.65 bits per heavy atom. The third-order valence-electron chi connectivity index (χ3n) is 2.42. The van der Waals surface area contributed by atoms with E-state index in [0.717, 1.165) is 30.1 Å². The number of hydrazine groups is 1. The normalized spacial score (nSPS) is 10.6. The first-order valence-corrected chi connectivity index (χ1v) is 7.14. The van der Waals surface area contributed by atoms with Gasteiger partial charge in [-0.3, -0.25) is 0 Å². The van der Waals surface area contributed by atoms with Crippen molar-refractivity contribution in [2.24, 2.45) is 5.84 Å². The van der Waals surface area contributed by atoms with E-state index in [4.69, 9.17) is 5.84 Å². The van der Waals surface area contributed by atoms with E-state index >= 15 is 0 Å². The summed E-state index contributed by atoms with van der Waals surface area (Å²) in [6.45, 7) is 5.13. The standard InChI is InChI=1S/C11H21N5S/c1-8(2)9-10(13-5-4-6-17-3)14-7-15-11(9)16-12/h7-8H,4-6,12H2,1-3H3,(H2,13,14,15,16). The molecule has 0 aliphatic carbocycles. The molecule has 0 saturated carbocycles. The summed E-state index contributed by atoms with van der Waals surface area (Å²) in [6, 6.07) is 0. The highest BCUT2D eigenvalue weighted by Gasteiger charge is 2.13.